The summed E-state index contributed by atoms with van der Waals surface area (Å²) in [6, 6.07) is 17.6. The number of aromatic nitrogens is 1. The van der Waals surface area contributed by atoms with E-state index < -0.39 is 0 Å². The van der Waals surface area contributed by atoms with Gasteiger partial charge in [-0.2, -0.15) is 0 Å². The highest BCUT2D eigenvalue weighted by Gasteiger charge is 2.07. The second-order valence-corrected chi connectivity index (χ2v) is 5.88. The summed E-state index contributed by atoms with van der Waals surface area (Å²) in [6.45, 7) is 1.53. The minimum absolute atomic E-state index is 0.00296. The molecule has 0 radical (unpaired) electrons. The molecule has 0 atom stereocenters. The monoisotopic (exact) mass is 361 g/mol. The van der Waals surface area contributed by atoms with Crippen molar-refractivity contribution in [2.24, 2.45) is 0 Å². The van der Waals surface area contributed by atoms with Crippen molar-refractivity contribution in [2.75, 3.05) is 17.7 Å². The van der Waals surface area contributed by atoms with Crippen LogP contribution in [0.25, 0.3) is 0 Å². The number of methoxy groups -OCH3 is 1. The van der Waals surface area contributed by atoms with E-state index in [2.05, 4.69) is 15.6 Å². The van der Waals surface area contributed by atoms with Gasteiger partial charge in [-0.25, -0.2) is 4.98 Å². The van der Waals surface area contributed by atoms with Gasteiger partial charge in [-0.1, -0.05) is 12.1 Å². The number of hydrogen-bond donors (Lipinski definition) is 2. The first-order valence-corrected chi connectivity index (χ1v) is 8.34. The number of Topliss-reactive ketones (excluding diaryl/α,β-unsaturated/α-hetero) is 1. The standard InChI is InChI=1S/C21H19N3O3/c1-14(25)16-4-3-5-17(12-16)23-20-11-8-18(13-22-20)24-21(26)15-6-9-19(27-2)10-7-15/h3-13H,1-2H3,(H,22,23)(H,24,26). The SMILES string of the molecule is COc1ccc(C(=O)Nc2ccc(Nc3cccc(C(C)=O)c3)nc2)cc1. The number of ether oxygens (including phenoxy) is 1. The van der Waals surface area contributed by atoms with Gasteiger partial charge in [0.25, 0.3) is 5.91 Å². The fourth-order valence-corrected chi connectivity index (χ4v) is 2.45. The number of nitrogens with one attached hydrogen (secondary N) is 2. The van der Waals surface area contributed by atoms with Crippen LogP contribution in [0, 0.1) is 0 Å². The minimum atomic E-state index is -0.227. The lowest BCUT2D eigenvalue weighted by atomic mass is 10.1. The molecule has 6 nitrogen and oxygen atoms in total. The summed E-state index contributed by atoms with van der Waals surface area (Å²) >= 11 is 0. The average molecular weight is 361 g/mol. The Morgan fingerprint density at radius 2 is 1.70 bits per heavy atom. The lowest BCUT2D eigenvalue weighted by Gasteiger charge is -2.09. The summed E-state index contributed by atoms with van der Waals surface area (Å²) in [6.07, 6.45) is 1.57. The number of benzene rings is 2. The molecule has 0 bridgehead atoms. The number of carbonyl (C=O) groups excluding carboxylic acids is 2. The second kappa shape index (κ2) is 8.14. The molecule has 0 saturated heterocycles. The Morgan fingerprint density at radius 1 is 0.926 bits per heavy atom. The van der Waals surface area contributed by atoms with Crippen LogP contribution in [-0.4, -0.2) is 23.8 Å². The number of hydrogen-bond acceptors (Lipinski definition) is 5. The molecular formula is C21H19N3O3. The number of anilines is 3. The van der Waals surface area contributed by atoms with Crippen LogP contribution < -0.4 is 15.4 Å². The Morgan fingerprint density at radius 3 is 2.33 bits per heavy atom. The molecule has 0 fully saturated rings. The van der Waals surface area contributed by atoms with Crippen LogP contribution in [0.2, 0.25) is 0 Å². The smallest absolute Gasteiger partial charge is 0.255 e. The van der Waals surface area contributed by atoms with Crippen LogP contribution in [0.3, 0.4) is 0 Å². The van der Waals surface area contributed by atoms with E-state index >= 15 is 0 Å². The first kappa shape index (κ1) is 18.1. The molecule has 0 spiro atoms. The third-order valence-corrected chi connectivity index (χ3v) is 3.92. The Balaban J connectivity index is 1.65. The van der Waals surface area contributed by atoms with Crippen molar-refractivity contribution in [3.8, 4) is 5.75 Å². The molecule has 1 heterocycles. The van der Waals surface area contributed by atoms with E-state index in [9.17, 15) is 9.59 Å². The minimum Gasteiger partial charge on any atom is -0.497 e. The van der Waals surface area contributed by atoms with E-state index in [1.165, 1.54) is 6.92 Å². The second-order valence-electron chi connectivity index (χ2n) is 5.88. The number of ketones is 1. The van der Waals surface area contributed by atoms with E-state index in [-0.39, 0.29) is 11.7 Å². The van der Waals surface area contributed by atoms with Gasteiger partial charge in [0.1, 0.15) is 11.6 Å². The summed E-state index contributed by atoms with van der Waals surface area (Å²) in [5.41, 5.74) is 2.51. The topological polar surface area (TPSA) is 80.3 Å². The lowest BCUT2D eigenvalue weighted by Crippen LogP contribution is -2.12. The maximum atomic E-state index is 12.3. The molecule has 2 N–H and O–H groups in total. The number of pyridine rings is 1. The zero-order valence-corrected chi connectivity index (χ0v) is 15.0. The van der Waals surface area contributed by atoms with E-state index in [4.69, 9.17) is 4.74 Å². The van der Waals surface area contributed by atoms with Crippen molar-refractivity contribution < 1.29 is 14.3 Å². The van der Waals surface area contributed by atoms with Gasteiger partial charge in [0.15, 0.2) is 5.78 Å². The highest BCUT2D eigenvalue weighted by atomic mass is 16.5. The van der Waals surface area contributed by atoms with E-state index in [0.29, 0.717) is 28.4 Å². The van der Waals surface area contributed by atoms with Gasteiger partial charge in [-0.05, 0) is 55.5 Å². The quantitative estimate of drug-likeness (QED) is 0.640. The maximum Gasteiger partial charge on any atom is 0.255 e. The number of carbonyl (C=O) groups is 2. The highest BCUT2D eigenvalue weighted by Crippen LogP contribution is 2.18. The zero-order chi connectivity index (χ0) is 19.2. The van der Waals surface area contributed by atoms with Crippen molar-refractivity contribution in [2.45, 2.75) is 6.92 Å². The normalized spacial score (nSPS) is 10.1. The van der Waals surface area contributed by atoms with Crippen molar-refractivity contribution in [1.29, 1.82) is 0 Å². The van der Waals surface area contributed by atoms with E-state index in [0.717, 1.165) is 5.69 Å². The Hall–Kier alpha value is -3.67. The van der Waals surface area contributed by atoms with Gasteiger partial charge in [-0.15, -0.1) is 0 Å². The van der Waals surface area contributed by atoms with Crippen LogP contribution in [0.15, 0.2) is 66.9 Å². The first-order chi connectivity index (χ1) is 13.0. The van der Waals surface area contributed by atoms with Crippen LogP contribution >= 0.6 is 0 Å². The molecule has 0 aliphatic carbocycles. The lowest BCUT2D eigenvalue weighted by molar-refractivity contribution is 0.101. The van der Waals surface area contributed by atoms with Gasteiger partial charge >= 0.3 is 0 Å². The highest BCUT2D eigenvalue weighted by molar-refractivity contribution is 6.04. The van der Waals surface area contributed by atoms with Gasteiger partial charge < -0.3 is 15.4 Å². The van der Waals surface area contributed by atoms with Crippen LogP contribution in [0.1, 0.15) is 27.6 Å². The van der Waals surface area contributed by atoms with Gasteiger partial charge in [-0.3, -0.25) is 9.59 Å². The van der Waals surface area contributed by atoms with E-state index in [1.54, 1.807) is 61.8 Å². The molecule has 0 aliphatic heterocycles. The van der Waals surface area contributed by atoms with Gasteiger partial charge in [0.05, 0.1) is 19.0 Å². The molecule has 136 valence electrons. The van der Waals surface area contributed by atoms with Crippen LogP contribution in [0.4, 0.5) is 17.2 Å². The summed E-state index contributed by atoms with van der Waals surface area (Å²) in [4.78, 5) is 28.0. The molecular weight excluding hydrogens is 342 g/mol. The molecule has 0 saturated carbocycles. The fraction of sp³-hybridized carbons (Fsp3) is 0.0952. The summed E-state index contributed by atoms with van der Waals surface area (Å²) in [7, 11) is 1.58. The Bertz CT molecular complexity index is 951. The average Bonchev–Trinajstić information content (AvgIpc) is 2.69. The van der Waals surface area contributed by atoms with Crippen LogP contribution in [-0.2, 0) is 0 Å². The van der Waals surface area contributed by atoms with E-state index in [1.807, 2.05) is 12.1 Å². The number of nitrogens with zero attached hydrogens (tertiary/aromatic N) is 1. The van der Waals surface area contributed by atoms with Crippen molar-refractivity contribution in [3.63, 3.8) is 0 Å². The Labute approximate surface area is 157 Å². The first-order valence-electron chi connectivity index (χ1n) is 8.34. The summed E-state index contributed by atoms with van der Waals surface area (Å²) in [5.74, 6) is 1.08. The molecule has 1 amide bonds. The van der Waals surface area contributed by atoms with Gasteiger partial charge in [0.2, 0.25) is 0 Å². The zero-order valence-electron chi connectivity index (χ0n) is 15.0. The molecule has 3 aromatic rings. The maximum absolute atomic E-state index is 12.3. The molecule has 3 rings (SSSR count). The molecule has 6 heteroatoms. The van der Waals surface area contributed by atoms with Crippen molar-refractivity contribution in [1.82, 2.24) is 4.98 Å². The summed E-state index contributed by atoms with van der Waals surface area (Å²) < 4.78 is 5.08. The Kier molecular flexibility index (Phi) is 5.47. The molecule has 27 heavy (non-hydrogen) atoms. The molecule has 0 unspecified atom stereocenters. The largest absolute Gasteiger partial charge is 0.497 e. The molecule has 1 aromatic heterocycles. The number of rotatable bonds is 6. The van der Waals surface area contributed by atoms with Gasteiger partial charge in [0, 0.05) is 16.8 Å². The van der Waals surface area contributed by atoms with Crippen molar-refractivity contribution >= 4 is 28.9 Å². The fourth-order valence-electron chi connectivity index (χ4n) is 2.45. The number of amides is 1. The van der Waals surface area contributed by atoms with Crippen LogP contribution in [0.5, 0.6) is 5.75 Å². The van der Waals surface area contributed by atoms with Crippen molar-refractivity contribution in [3.05, 3.63) is 78.0 Å². The predicted octanol–water partition coefficient (Wildman–Crippen LogP) is 4.29. The predicted molar refractivity (Wildman–Crippen MR) is 105 cm³/mol. The third kappa shape index (κ3) is 4.70. The molecule has 2 aromatic carbocycles. The summed E-state index contributed by atoms with van der Waals surface area (Å²) in [5, 5.41) is 5.93. The third-order valence-electron chi connectivity index (χ3n) is 3.92. The molecule has 0 aliphatic rings.